The van der Waals surface area contributed by atoms with Gasteiger partial charge in [-0.05, 0) is 19.9 Å². The minimum atomic E-state index is 0.0903. The summed E-state index contributed by atoms with van der Waals surface area (Å²) in [5, 5.41) is 0. The minimum absolute atomic E-state index is 0.0903. The Hall–Kier alpha value is -0.0800. The molecule has 2 N–H and O–H groups in total. The van der Waals surface area contributed by atoms with Gasteiger partial charge in [-0.25, -0.2) is 0 Å². The van der Waals surface area contributed by atoms with Crippen LogP contribution in [-0.4, -0.2) is 24.2 Å². The number of hydrogen-bond donors (Lipinski definition) is 1. The molecule has 1 heterocycles. The first-order valence-electron chi connectivity index (χ1n) is 3.59. The molecule has 2 unspecified atom stereocenters. The van der Waals surface area contributed by atoms with E-state index in [0.29, 0.717) is 5.41 Å². The van der Waals surface area contributed by atoms with Gasteiger partial charge in [0.2, 0.25) is 0 Å². The van der Waals surface area contributed by atoms with Crippen molar-refractivity contribution in [2.45, 2.75) is 25.4 Å². The van der Waals surface area contributed by atoms with Crippen LogP contribution in [0, 0.1) is 5.41 Å². The smallest absolute Gasteiger partial charge is 0.0748 e. The third kappa shape index (κ3) is 0.447. The van der Waals surface area contributed by atoms with Gasteiger partial charge in [-0.3, -0.25) is 4.90 Å². The normalized spacial score (nSPS) is 57.7. The predicted octanol–water partition coefficient (Wildman–Crippen LogP) is 0.387. The van der Waals surface area contributed by atoms with Crippen LogP contribution in [0.25, 0.3) is 0 Å². The molecule has 1 aliphatic heterocycles. The Labute approximate surface area is 56.0 Å². The molecule has 0 bridgehead atoms. The lowest BCUT2D eigenvalue weighted by molar-refractivity contribution is 0.259. The summed E-state index contributed by atoms with van der Waals surface area (Å²) >= 11 is 0. The monoisotopic (exact) mass is 126 g/mol. The molecule has 2 nitrogen and oxygen atoms in total. The van der Waals surface area contributed by atoms with Gasteiger partial charge in [0.1, 0.15) is 0 Å². The number of hydrogen-bond acceptors (Lipinski definition) is 2. The molecule has 2 fully saturated rings. The molecule has 52 valence electrons. The molecule has 0 aromatic heterocycles. The fourth-order valence-electron chi connectivity index (χ4n) is 2.07. The molecule has 1 saturated carbocycles. The zero-order valence-corrected chi connectivity index (χ0v) is 6.15. The summed E-state index contributed by atoms with van der Waals surface area (Å²) in [6.07, 6.45) is 2.50. The highest BCUT2D eigenvalue weighted by atomic mass is 15.3. The van der Waals surface area contributed by atoms with Crippen LogP contribution < -0.4 is 5.73 Å². The Bertz CT molecular complexity index is 153. The van der Waals surface area contributed by atoms with Crippen molar-refractivity contribution in [3.8, 4) is 0 Å². The first-order chi connectivity index (χ1) is 4.08. The second-order valence-electron chi connectivity index (χ2n) is 3.83. The number of likely N-dealkylation sites (tertiary alicyclic amines) is 1. The van der Waals surface area contributed by atoms with Crippen LogP contribution in [0.4, 0.5) is 0 Å². The van der Waals surface area contributed by atoms with Crippen molar-refractivity contribution in [3.05, 3.63) is 0 Å². The van der Waals surface area contributed by atoms with Crippen molar-refractivity contribution in [2.75, 3.05) is 13.6 Å². The molecule has 1 aliphatic carbocycles. The summed E-state index contributed by atoms with van der Waals surface area (Å²) < 4.78 is 0. The van der Waals surface area contributed by atoms with Gasteiger partial charge in [-0.15, -0.1) is 0 Å². The highest BCUT2D eigenvalue weighted by molar-refractivity contribution is 5.19. The summed E-state index contributed by atoms with van der Waals surface area (Å²) in [4.78, 5) is 2.28. The van der Waals surface area contributed by atoms with Crippen molar-refractivity contribution < 1.29 is 0 Å². The lowest BCUT2D eigenvalue weighted by Crippen LogP contribution is -2.40. The van der Waals surface area contributed by atoms with Crippen molar-refractivity contribution in [3.63, 3.8) is 0 Å². The highest BCUT2D eigenvalue weighted by Crippen LogP contribution is 2.62. The standard InChI is InChI=1S/C7H14N2/c1-6-3-4-9(2)7(6,8)5-6/h3-5,8H2,1-2H3. The molecule has 0 amide bonds. The van der Waals surface area contributed by atoms with Crippen LogP contribution >= 0.6 is 0 Å². The van der Waals surface area contributed by atoms with Crippen LogP contribution in [-0.2, 0) is 0 Å². The van der Waals surface area contributed by atoms with Crippen molar-refractivity contribution in [1.82, 2.24) is 4.90 Å². The lowest BCUT2D eigenvalue weighted by atomic mass is 10.1. The summed E-state index contributed by atoms with van der Waals surface area (Å²) in [7, 11) is 2.12. The SMILES string of the molecule is CN1CCC2(C)CC12N. The molecule has 2 aliphatic rings. The number of nitrogens with zero attached hydrogens (tertiary/aromatic N) is 1. The molecule has 0 aromatic rings. The molecule has 2 atom stereocenters. The molecular weight excluding hydrogens is 112 g/mol. The van der Waals surface area contributed by atoms with Crippen molar-refractivity contribution in [2.24, 2.45) is 11.1 Å². The zero-order chi connectivity index (χ0) is 6.70. The Balaban J connectivity index is 2.27. The van der Waals surface area contributed by atoms with E-state index >= 15 is 0 Å². The van der Waals surface area contributed by atoms with E-state index in [9.17, 15) is 0 Å². The van der Waals surface area contributed by atoms with Gasteiger partial charge in [-0.2, -0.15) is 0 Å². The summed E-state index contributed by atoms with van der Waals surface area (Å²) in [5.74, 6) is 0. The average molecular weight is 126 g/mol. The summed E-state index contributed by atoms with van der Waals surface area (Å²) in [5.41, 5.74) is 6.62. The van der Waals surface area contributed by atoms with E-state index in [2.05, 4.69) is 18.9 Å². The first-order valence-corrected chi connectivity index (χ1v) is 3.59. The number of piperidine rings is 1. The Morgan fingerprint density at radius 3 is 2.33 bits per heavy atom. The maximum Gasteiger partial charge on any atom is 0.0748 e. The summed E-state index contributed by atoms with van der Waals surface area (Å²) in [6.45, 7) is 3.48. The predicted molar refractivity (Wildman–Crippen MR) is 36.9 cm³/mol. The quantitative estimate of drug-likeness (QED) is 0.508. The van der Waals surface area contributed by atoms with Gasteiger partial charge < -0.3 is 5.73 Å². The second kappa shape index (κ2) is 1.18. The number of rotatable bonds is 0. The molecular formula is C7H14N2. The molecule has 0 spiro atoms. The maximum absolute atomic E-state index is 6.06. The van der Waals surface area contributed by atoms with E-state index in [1.54, 1.807) is 0 Å². The third-order valence-corrected chi connectivity index (χ3v) is 3.26. The van der Waals surface area contributed by atoms with E-state index in [1.165, 1.54) is 19.4 Å². The molecule has 0 aromatic carbocycles. The fourth-order valence-corrected chi connectivity index (χ4v) is 2.07. The second-order valence-corrected chi connectivity index (χ2v) is 3.83. The van der Waals surface area contributed by atoms with Crippen LogP contribution in [0.3, 0.4) is 0 Å². The van der Waals surface area contributed by atoms with Crippen LogP contribution in [0.15, 0.2) is 0 Å². The average Bonchev–Trinajstić information content (AvgIpc) is 2.26. The largest absolute Gasteiger partial charge is 0.313 e. The summed E-state index contributed by atoms with van der Waals surface area (Å²) in [6, 6.07) is 0. The molecule has 9 heavy (non-hydrogen) atoms. The Morgan fingerprint density at radius 1 is 1.56 bits per heavy atom. The van der Waals surface area contributed by atoms with Crippen LogP contribution in [0.1, 0.15) is 19.8 Å². The number of fused-ring (bicyclic) bond motifs is 1. The Kier molecular flexibility index (Phi) is 0.746. The van der Waals surface area contributed by atoms with Gasteiger partial charge in [0.25, 0.3) is 0 Å². The van der Waals surface area contributed by atoms with E-state index in [1.807, 2.05) is 0 Å². The number of nitrogens with two attached hydrogens (primary N) is 1. The Morgan fingerprint density at radius 2 is 2.22 bits per heavy atom. The minimum Gasteiger partial charge on any atom is -0.313 e. The maximum atomic E-state index is 6.06. The van der Waals surface area contributed by atoms with Gasteiger partial charge in [0, 0.05) is 12.0 Å². The first kappa shape index (κ1) is 5.69. The third-order valence-electron chi connectivity index (χ3n) is 3.26. The van der Waals surface area contributed by atoms with E-state index in [4.69, 9.17) is 5.73 Å². The zero-order valence-electron chi connectivity index (χ0n) is 6.15. The molecule has 0 radical (unpaired) electrons. The molecule has 2 heteroatoms. The van der Waals surface area contributed by atoms with Gasteiger partial charge in [0.15, 0.2) is 0 Å². The van der Waals surface area contributed by atoms with Crippen LogP contribution in [0.5, 0.6) is 0 Å². The van der Waals surface area contributed by atoms with Gasteiger partial charge in [0.05, 0.1) is 5.66 Å². The molecule has 1 saturated heterocycles. The van der Waals surface area contributed by atoms with Crippen LogP contribution in [0.2, 0.25) is 0 Å². The van der Waals surface area contributed by atoms with E-state index in [-0.39, 0.29) is 5.66 Å². The lowest BCUT2D eigenvalue weighted by Gasteiger charge is -2.18. The highest BCUT2D eigenvalue weighted by Gasteiger charge is 2.67. The van der Waals surface area contributed by atoms with Gasteiger partial charge in [-0.1, -0.05) is 6.92 Å². The topological polar surface area (TPSA) is 29.3 Å². The fraction of sp³-hybridized carbons (Fsp3) is 1.00. The van der Waals surface area contributed by atoms with E-state index < -0.39 is 0 Å². The van der Waals surface area contributed by atoms with E-state index in [0.717, 1.165) is 0 Å². The van der Waals surface area contributed by atoms with Gasteiger partial charge >= 0.3 is 0 Å². The van der Waals surface area contributed by atoms with Crippen molar-refractivity contribution >= 4 is 0 Å². The molecule has 2 rings (SSSR count). The van der Waals surface area contributed by atoms with Crippen molar-refractivity contribution in [1.29, 1.82) is 0 Å².